The van der Waals surface area contributed by atoms with E-state index in [1.165, 1.54) is 6.33 Å². The highest BCUT2D eigenvalue weighted by molar-refractivity contribution is 5.82. The molecule has 2 fully saturated rings. The van der Waals surface area contributed by atoms with Crippen LogP contribution in [0.25, 0.3) is 11.2 Å². The van der Waals surface area contributed by atoms with Crippen LogP contribution in [-0.4, -0.2) is 104 Å². The number of rotatable bonds is 10. The van der Waals surface area contributed by atoms with Crippen molar-refractivity contribution in [3.05, 3.63) is 12.7 Å². The fraction of sp³-hybridized carbons (Fsp3) is 0.720. The molecule has 4 heterocycles. The fourth-order valence-electron chi connectivity index (χ4n) is 4.88. The summed E-state index contributed by atoms with van der Waals surface area (Å²) in [5.41, 5.74) is 0.523. The second-order valence-electron chi connectivity index (χ2n) is 11.3. The van der Waals surface area contributed by atoms with Crippen molar-refractivity contribution in [1.82, 2.24) is 29.7 Å². The topological polar surface area (TPSA) is 162 Å². The highest BCUT2D eigenvalue weighted by Gasteiger charge is 2.56. The number of likely N-dealkylation sites (N-methyl/N-ethyl adjacent to an activating group) is 1. The number of nitrogens with one attached hydrogen (secondary N) is 2. The molecule has 2 aromatic heterocycles. The van der Waals surface area contributed by atoms with Crippen molar-refractivity contribution in [1.29, 1.82) is 0 Å². The van der Waals surface area contributed by atoms with Crippen LogP contribution < -0.4 is 10.6 Å². The second-order valence-corrected chi connectivity index (χ2v) is 11.3. The number of carbonyl (C=O) groups is 2. The molecular weight excluding hydrogens is 510 g/mol. The number of anilines is 1. The molecule has 1 amide bonds. The molecule has 2 aliphatic heterocycles. The maximum Gasteiger partial charge on any atom is 0.405 e. The fourth-order valence-corrected chi connectivity index (χ4v) is 4.88. The van der Waals surface area contributed by atoms with Gasteiger partial charge in [0.15, 0.2) is 29.0 Å². The molecule has 0 bridgehead atoms. The van der Waals surface area contributed by atoms with E-state index in [0.29, 0.717) is 36.6 Å². The summed E-state index contributed by atoms with van der Waals surface area (Å²) in [6, 6.07) is -0.998. The molecule has 3 N–H and O–H groups in total. The van der Waals surface area contributed by atoms with Gasteiger partial charge in [0.05, 0.1) is 6.33 Å². The average Bonchev–Trinajstić information content (AvgIpc) is 3.47. The van der Waals surface area contributed by atoms with Crippen LogP contribution in [0.15, 0.2) is 12.7 Å². The molecular formula is C25H39N7O7. The predicted molar refractivity (Wildman–Crippen MR) is 140 cm³/mol. The minimum Gasteiger partial charge on any atom is -0.465 e. The monoisotopic (exact) mass is 549 g/mol. The van der Waals surface area contributed by atoms with Crippen molar-refractivity contribution in [2.24, 2.45) is 0 Å². The number of carbonyl (C=O) groups excluding carboxylic acids is 1. The van der Waals surface area contributed by atoms with Crippen molar-refractivity contribution in [2.75, 3.05) is 32.0 Å². The Bertz CT molecular complexity index is 1180. The van der Waals surface area contributed by atoms with E-state index in [4.69, 9.17) is 18.9 Å². The largest absolute Gasteiger partial charge is 0.465 e. The molecule has 4 rings (SSSR count). The third kappa shape index (κ3) is 6.75. The highest BCUT2D eigenvalue weighted by atomic mass is 16.8. The van der Waals surface area contributed by atoms with Crippen molar-refractivity contribution in [3.63, 3.8) is 0 Å². The molecule has 0 radical (unpaired) electrons. The zero-order chi connectivity index (χ0) is 28.5. The van der Waals surface area contributed by atoms with Gasteiger partial charge in [-0.25, -0.2) is 24.5 Å². The summed E-state index contributed by atoms with van der Waals surface area (Å²) in [6.07, 6.45) is 0.422. The number of ether oxygens (including phenoxy) is 4. The van der Waals surface area contributed by atoms with E-state index >= 15 is 0 Å². The van der Waals surface area contributed by atoms with Crippen molar-refractivity contribution in [3.8, 4) is 0 Å². The average molecular weight is 550 g/mol. The summed E-state index contributed by atoms with van der Waals surface area (Å²) in [4.78, 5) is 39.1. The summed E-state index contributed by atoms with van der Waals surface area (Å²) in [6.45, 7) is 12.5. The molecule has 5 atom stereocenters. The van der Waals surface area contributed by atoms with E-state index in [1.807, 2.05) is 37.3 Å². The molecule has 2 saturated heterocycles. The second kappa shape index (κ2) is 11.2. The molecule has 0 aromatic carbocycles. The standard InChI is InChI=1S/C25H39N7O7/c1-8-26-19-16-20(28-12-27-19)32(13-29-16)21-18-17(37-25(5,6)38-18)15(36-21)11-31(7)10-9-14(30-23(34)35)22(33)39-24(2,3)4/h12-15,17-18,21,30H,8-11H2,1-7H3,(H,34,35)(H,26,27,28)/t14-,15+,17+,18+,21+/m0/s1. The first-order chi connectivity index (χ1) is 18.3. The predicted octanol–water partition coefficient (Wildman–Crippen LogP) is 1.98. The Morgan fingerprint density at radius 1 is 1.23 bits per heavy atom. The van der Waals surface area contributed by atoms with Crippen LogP contribution >= 0.6 is 0 Å². The summed E-state index contributed by atoms with van der Waals surface area (Å²) < 4.78 is 26.2. The molecule has 39 heavy (non-hydrogen) atoms. The Balaban J connectivity index is 1.47. The van der Waals surface area contributed by atoms with Crippen LogP contribution in [0.5, 0.6) is 0 Å². The molecule has 216 valence electrons. The van der Waals surface area contributed by atoms with Gasteiger partial charge in [0.25, 0.3) is 0 Å². The zero-order valence-electron chi connectivity index (χ0n) is 23.5. The number of carboxylic acid groups (broad SMARTS) is 1. The number of hydrogen-bond acceptors (Lipinski definition) is 11. The zero-order valence-corrected chi connectivity index (χ0v) is 23.5. The smallest absolute Gasteiger partial charge is 0.405 e. The van der Waals surface area contributed by atoms with Crippen LogP contribution in [0.4, 0.5) is 10.6 Å². The van der Waals surface area contributed by atoms with E-state index < -0.39 is 41.8 Å². The van der Waals surface area contributed by atoms with Gasteiger partial charge in [-0.3, -0.25) is 4.57 Å². The summed E-state index contributed by atoms with van der Waals surface area (Å²) in [5.74, 6) is -0.775. The number of imidazole rings is 1. The van der Waals surface area contributed by atoms with Crippen LogP contribution in [0.1, 0.15) is 54.2 Å². The van der Waals surface area contributed by atoms with Crippen LogP contribution in [0, 0.1) is 0 Å². The molecule has 2 aliphatic rings. The molecule has 0 unspecified atom stereocenters. The lowest BCUT2D eigenvalue weighted by atomic mass is 10.1. The number of hydrogen-bond donors (Lipinski definition) is 3. The lowest BCUT2D eigenvalue weighted by molar-refractivity contribution is -0.197. The first-order valence-electron chi connectivity index (χ1n) is 13.1. The Morgan fingerprint density at radius 3 is 2.62 bits per heavy atom. The molecule has 0 aliphatic carbocycles. The first-order valence-corrected chi connectivity index (χ1v) is 13.1. The maximum absolute atomic E-state index is 12.6. The number of esters is 1. The summed E-state index contributed by atoms with van der Waals surface area (Å²) >= 11 is 0. The molecule has 2 aromatic rings. The van der Waals surface area contributed by atoms with Gasteiger partial charge in [-0.2, -0.15) is 0 Å². The first kappa shape index (κ1) is 28.9. The van der Waals surface area contributed by atoms with Gasteiger partial charge >= 0.3 is 12.1 Å². The molecule has 0 saturated carbocycles. The lowest BCUT2D eigenvalue weighted by Crippen LogP contribution is -2.46. The van der Waals surface area contributed by atoms with Crippen molar-refractivity contribution >= 4 is 29.0 Å². The van der Waals surface area contributed by atoms with Crippen LogP contribution in [0.3, 0.4) is 0 Å². The molecule has 14 heteroatoms. The highest BCUT2D eigenvalue weighted by Crippen LogP contribution is 2.44. The third-order valence-corrected chi connectivity index (χ3v) is 6.38. The number of fused-ring (bicyclic) bond motifs is 2. The van der Waals surface area contributed by atoms with Gasteiger partial charge in [-0.1, -0.05) is 0 Å². The maximum atomic E-state index is 12.6. The van der Waals surface area contributed by atoms with Gasteiger partial charge in [0.2, 0.25) is 0 Å². The van der Waals surface area contributed by atoms with Crippen LogP contribution in [0.2, 0.25) is 0 Å². The van der Waals surface area contributed by atoms with Crippen molar-refractivity contribution < 1.29 is 33.6 Å². The van der Waals surface area contributed by atoms with E-state index in [9.17, 15) is 14.7 Å². The number of aromatic nitrogens is 4. The Hall–Kier alpha value is -3.07. The SMILES string of the molecule is CCNc1ncnc2c1ncn2[C@@H]1O[C@H](CN(C)CC[C@H](NC(=O)O)C(=O)OC(C)(C)C)[C@H]2OC(C)(C)O[C@H]21. The minimum absolute atomic E-state index is 0.223. The van der Waals surface area contributed by atoms with Crippen LogP contribution in [-0.2, 0) is 23.7 Å². The summed E-state index contributed by atoms with van der Waals surface area (Å²) in [7, 11) is 1.88. The molecule has 14 nitrogen and oxygen atoms in total. The van der Waals surface area contributed by atoms with E-state index in [-0.39, 0.29) is 18.6 Å². The van der Waals surface area contributed by atoms with E-state index in [2.05, 4.69) is 25.6 Å². The lowest BCUT2D eigenvalue weighted by Gasteiger charge is -2.28. The Kier molecular flexibility index (Phi) is 8.30. The van der Waals surface area contributed by atoms with Gasteiger partial charge in [-0.05, 0) is 55.0 Å². The Labute approximate surface area is 227 Å². The quantitative estimate of drug-likeness (QED) is 0.370. The Morgan fingerprint density at radius 2 is 1.95 bits per heavy atom. The van der Waals surface area contributed by atoms with Gasteiger partial charge in [-0.15, -0.1) is 0 Å². The normalized spacial score (nSPS) is 25.0. The van der Waals surface area contributed by atoms with Crippen molar-refractivity contribution in [2.45, 2.75) is 89.9 Å². The number of amides is 1. The minimum atomic E-state index is -1.29. The summed E-state index contributed by atoms with van der Waals surface area (Å²) in [5, 5.41) is 14.7. The van der Waals surface area contributed by atoms with E-state index in [1.54, 1.807) is 27.1 Å². The number of nitrogens with zero attached hydrogens (tertiary/aromatic N) is 5. The van der Waals surface area contributed by atoms with E-state index in [0.717, 1.165) is 0 Å². The third-order valence-electron chi connectivity index (χ3n) is 6.38. The van der Waals surface area contributed by atoms with Gasteiger partial charge in [0.1, 0.15) is 36.3 Å². The molecule has 0 spiro atoms. The van der Waals surface area contributed by atoms with Gasteiger partial charge < -0.3 is 39.6 Å². The van der Waals surface area contributed by atoms with Gasteiger partial charge in [0, 0.05) is 19.6 Å².